The number of thiazole rings is 1. The lowest BCUT2D eigenvalue weighted by Gasteiger charge is -2.16. The van der Waals surface area contributed by atoms with Crippen molar-refractivity contribution in [1.29, 1.82) is 0 Å². The average Bonchev–Trinajstić information content (AvgIpc) is 3.24. The minimum Gasteiger partial charge on any atom is -0.490 e. The fourth-order valence-corrected chi connectivity index (χ4v) is 4.05. The van der Waals surface area contributed by atoms with Crippen LogP contribution < -0.4 is 15.4 Å². The highest BCUT2D eigenvalue weighted by atomic mass is 127. The molecule has 0 radical (unpaired) electrons. The molecule has 0 spiro atoms. The van der Waals surface area contributed by atoms with E-state index in [2.05, 4.69) is 34.5 Å². The number of furan rings is 1. The normalized spacial score (nSPS) is 12.5. The third-order valence-corrected chi connectivity index (χ3v) is 5.61. The van der Waals surface area contributed by atoms with E-state index in [1.807, 2.05) is 38.1 Å². The summed E-state index contributed by atoms with van der Waals surface area (Å²) in [6, 6.07) is 7.96. The molecule has 158 valence electrons. The first-order valence-corrected chi connectivity index (χ1v) is 10.4. The molecule has 0 aliphatic carbocycles. The molecule has 3 aromatic rings. The number of hydrogen-bond donors (Lipinski definition) is 2. The number of aromatic nitrogens is 1. The van der Waals surface area contributed by atoms with Crippen LogP contribution in [0.25, 0.3) is 11.0 Å². The summed E-state index contributed by atoms with van der Waals surface area (Å²) in [4.78, 5) is 10.1. The Bertz CT molecular complexity index is 967. The molecule has 2 N–H and O–H groups in total. The van der Waals surface area contributed by atoms with Crippen molar-refractivity contribution in [2.24, 2.45) is 4.99 Å². The molecular weight excluding hydrogens is 499 g/mol. The van der Waals surface area contributed by atoms with Crippen molar-refractivity contribution in [3.05, 3.63) is 45.6 Å². The van der Waals surface area contributed by atoms with Gasteiger partial charge < -0.3 is 19.8 Å². The second kappa shape index (κ2) is 10.8. The summed E-state index contributed by atoms with van der Waals surface area (Å²) in [7, 11) is 1.77. The molecule has 0 amide bonds. The summed E-state index contributed by atoms with van der Waals surface area (Å²) < 4.78 is 11.7. The highest BCUT2D eigenvalue weighted by Gasteiger charge is 2.15. The van der Waals surface area contributed by atoms with Crippen LogP contribution in [-0.4, -0.2) is 31.1 Å². The van der Waals surface area contributed by atoms with Gasteiger partial charge >= 0.3 is 0 Å². The highest BCUT2D eigenvalue weighted by molar-refractivity contribution is 14.0. The van der Waals surface area contributed by atoms with Crippen LogP contribution in [0.15, 0.2) is 33.7 Å². The van der Waals surface area contributed by atoms with Crippen LogP contribution in [0.1, 0.15) is 41.2 Å². The number of nitrogens with one attached hydrogen (secondary N) is 2. The number of halogens is 1. The maximum absolute atomic E-state index is 6.07. The molecule has 0 aliphatic heterocycles. The largest absolute Gasteiger partial charge is 0.490 e. The van der Waals surface area contributed by atoms with E-state index in [9.17, 15) is 0 Å². The lowest BCUT2D eigenvalue weighted by atomic mass is 10.2. The molecule has 29 heavy (non-hydrogen) atoms. The van der Waals surface area contributed by atoms with E-state index < -0.39 is 0 Å². The van der Waals surface area contributed by atoms with Gasteiger partial charge in [0.05, 0.1) is 23.4 Å². The minimum absolute atomic E-state index is 0. The molecule has 0 aliphatic rings. The summed E-state index contributed by atoms with van der Waals surface area (Å²) in [5, 5.41) is 8.91. The van der Waals surface area contributed by atoms with Crippen molar-refractivity contribution in [2.45, 2.75) is 40.2 Å². The number of ether oxygens (including phenoxy) is 1. The topological polar surface area (TPSA) is 71.7 Å². The first-order chi connectivity index (χ1) is 13.5. The summed E-state index contributed by atoms with van der Waals surface area (Å²) in [6.45, 7) is 9.54. The lowest BCUT2D eigenvalue weighted by molar-refractivity contribution is 0.336. The van der Waals surface area contributed by atoms with Gasteiger partial charge in [0.1, 0.15) is 5.76 Å². The molecule has 3 rings (SSSR count). The molecule has 1 aromatic carbocycles. The van der Waals surface area contributed by atoms with Crippen LogP contribution in [0.3, 0.4) is 0 Å². The Balaban J connectivity index is 0.00000300. The van der Waals surface area contributed by atoms with E-state index in [1.165, 1.54) is 4.88 Å². The SMILES string of the molecule is CCOc1cccc2cc(C(C)NC(=NC)NCCc3sc(C)nc3C)oc12.I. The fraction of sp³-hybridized carbons (Fsp3) is 0.429. The van der Waals surface area contributed by atoms with Gasteiger partial charge in [-0.1, -0.05) is 12.1 Å². The number of rotatable bonds is 7. The summed E-state index contributed by atoms with van der Waals surface area (Å²) >= 11 is 1.75. The molecule has 0 bridgehead atoms. The Morgan fingerprint density at radius 3 is 2.79 bits per heavy atom. The second-order valence-electron chi connectivity index (χ2n) is 6.61. The summed E-state index contributed by atoms with van der Waals surface area (Å²) in [5.41, 5.74) is 1.90. The molecule has 6 nitrogen and oxygen atoms in total. The van der Waals surface area contributed by atoms with E-state index in [0.29, 0.717) is 6.61 Å². The molecule has 1 unspecified atom stereocenters. The van der Waals surface area contributed by atoms with Crippen molar-refractivity contribution < 1.29 is 9.15 Å². The maximum Gasteiger partial charge on any atom is 0.191 e. The van der Waals surface area contributed by atoms with E-state index in [0.717, 1.165) is 52.1 Å². The lowest BCUT2D eigenvalue weighted by Crippen LogP contribution is -2.39. The van der Waals surface area contributed by atoms with Gasteiger partial charge in [0.25, 0.3) is 0 Å². The first kappa shape index (κ1) is 23.5. The van der Waals surface area contributed by atoms with Crippen LogP contribution in [0.4, 0.5) is 0 Å². The molecular formula is C21H29IN4O2S. The van der Waals surface area contributed by atoms with E-state index >= 15 is 0 Å². The number of nitrogens with zero attached hydrogens (tertiary/aromatic N) is 2. The van der Waals surface area contributed by atoms with Crippen molar-refractivity contribution in [2.75, 3.05) is 20.2 Å². The van der Waals surface area contributed by atoms with Crippen molar-refractivity contribution in [1.82, 2.24) is 15.6 Å². The van der Waals surface area contributed by atoms with Gasteiger partial charge in [-0.2, -0.15) is 0 Å². The van der Waals surface area contributed by atoms with Crippen molar-refractivity contribution >= 4 is 52.2 Å². The summed E-state index contributed by atoms with van der Waals surface area (Å²) in [5.74, 6) is 2.37. The van der Waals surface area contributed by atoms with Crippen molar-refractivity contribution in [3.8, 4) is 5.75 Å². The van der Waals surface area contributed by atoms with Gasteiger partial charge in [-0.3, -0.25) is 4.99 Å². The molecule has 2 aromatic heterocycles. The van der Waals surface area contributed by atoms with Crippen molar-refractivity contribution in [3.63, 3.8) is 0 Å². The van der Waals surface area contributed by atoms with Gasteiger partial charge in [-0.15, -0.1) is 35.3 Å². The third-order valence-electron chi connectivity index (χ3n) is 4.47. The molecule has 2 heterocycles. The van der Waals surface area contributed by atoms with Crippen LogP contribution in [0.2, 0.25) is 0 Å². The molecule has 8 heteroatoms. The number of para-hydroxylation sites is 1. The predicted molar refractivity (Wildman–Crippen MR) is 131 cm³/mol. The quantitative estimate of drug-likeness (QED) is 0.257. The Morgan fingerprint density at radius 2 is 2.14 bits per heavy atom. The number of guanidine groups is 1. The second-order valence-corrected chi connectivity index (χ2v) is 7.90. The van der Waals surface area contributed by atoms with Gasteiger partial charge in [0, 0.05) is 30.3 Å². The molecule has 0 saturated carbocycles. The number of benzene rings is 1. The average molecular weight is 528 g/mol. The van der Waals surface area contributed by atoms with Crippen LogP contribution in [0.5, 0.6) is 5.75 Å². The Labute approximate surface area is 193 Å². The van der Waals surface area contributed by atoms with Crippen LogP contribution in [0, 0.1) is 13.8 Å². The highest BCUT2D eigenvalue weighted by Crippen LogP contribution is 2.31. The van der Waals surface area contributed by atoms with E-state index in [1.54, 1.807) is 18.4 Å². The Morgan fingerprint density at radius 1 is 1.34 bits per heavy atom. The number of fused-ring (bicyclic) bond motifs is 1. The third kappa shape index (κ3) is 5.85. The smallest absolute Gasteiger partial charge is 0.191 e. The number of hydrogen-bond acceptors (Lipinski definition) is 5. The van der Waals surface area contributed by atoms with Gasteiger partial charge in [0.2, 0.25) is 0 Å². The monoisotopic (exact) mass is 528 g/mol. The minimum atomic E-state index is -0.0274. The van der Waals surface area contributed by atoms with E-state index in [4.69, 9.17) is 9.15 Å². The van der Waals surface area contributed by atoms with Gasteiger partial charge in [-0.05, 0) is 39.8 Å². The molecule has 0 fully saturated rings. The zero-order valence-corrected chi connectivity index (χ0v) is 20.7. The first-order valence-electron chi connectivity index (χ1n) is 9.57. The standard InChI is InChI=1S/C21H28N4O2S.HI/c1-6-26-17-9-7-8-16-12-18(27-20(16)17)13(2)25-21(22-5)23-11-10-19-14(3)24-15(4)28-19;/h7-9,12-13H,6,10-11H2,1-5H3,(H2,22,23,25);1H. The van der Waals surface area contributed by atoms with Crippen LogP contribution in [-0.2, 0) is 6.42 Å². The van der Waals surface area contributed by atoms with Gasteiger partial charge in [0.15, 0.2) is 17.3 Å². The van der Waals surface area contributed by atoms with Crippen LogP contribution >= 0.6 is 35.3 Å². The zero-order valence-electron chi connectivity index (χ0n) is 17.5. The van der Waals surface area contributed by atoms with Gasteiger partial charge in [-0.25, -0.2) is 4.98 Å². The Kier molecular flexibility index (Phi) is 8.76. The summed E-state index contributed by atoms with van der Waals surface area (Å²) in [6.07, 6.45) is 0.925. The molecule has 1 atom stereocenters. The Hall–Kier alpha value is -1.81. The fourth-order valence-electron chi connectivity index (χ4n) is 3.11. The molecule has 0 saturated heterocycles. The predicted octanol–water partition coefficient (Wildman–Crippen LogP) is 4.99. The van der Waals surface area contributed by atoms with E-state index in [-0.39, 0.29) is 30.0 Å². The number of aliphatic imine (C=N–C) groups is 1. The zero-order chi connectivity index (χ0) is 20.1. The maximum atomic E-state index is 6.07. The number of aryl methyl sites for hydroxylation is 2.